The van der Waals surface area contributed by atoms with Crippen LogP contribution < -0.4 is 5.32 Å². The van der Waals surface area contributed by atoms with E-state index < -0.39 is 0 Å². The van der Waals surface area contributed by atoms with Crippen molar-refractivity contribution in [1.29, 1.82) is 0 Å². The third kappa shape index (κ3) is 4.86. The molecule has 1 aliphatic rings. The zero-order valence-corrected chi connectivity index (χ0v) is 12.6. The lowest BCUT2D eigenvalue weighted by molar-refractivity contribution is -0.128. The molecule has 1 aromatic heterocycles. The van der Waals surface area contributed by atoms with Crippen LogP contribution in [0.25, 0.3) is 0 Å². The van der Waals surface area contributed by atoms with Crippen LogP contribution in [0.15, 0.2) is 10.6 Å². The van der Waals surface area contributed by atoms with Crippen LogP contribution in [-0.4, -0.2) is 59.5 Å². The molecule has 0 unspecified atom stereocenters. The molecule has 2 amide bonds. The second-order valence-corrected chi connectivity index (χ2v) is 5.32. The molecule has 21 heavy (non-hydrogen) atoms. The lowest BCUT2D eigenvalue weighted by Gasteiger charge is -2.20. The molecule has 2 rings (SSSR count). The maximum absolute atomic E-state index is 11.8. The van der Waals surface area contributed by atoms with Gasteiger partial charge in [-0.3, -0.25) is 9.59 Å². The molecule has 1 N–H and O–H groups in total. The molecule has 7 heteroatoms. The highest BCUT2D eigenvalue weighted by Gasteiger charge is 2.17. The average molecular weight is 294 g/mol. The van der Waals surface area contributed by atoms with Crippen LogP contribution in [0.3, 0.4) is 0 Å². The van der Waals surface area contributed by atoms with Crippen molar-refractivity contribution in [2.24, 2.45) is 0 Å². The third-order valence-corrected chi connectivity index (χ3v) is 3.58. The highest BCUT2D eigenvalue weighted by Crippen LogP contribution is 2.08. The van der Waals surface area contributed by atoms with Gasteiger partial charge in [-0.15, -0.1) is 0 Å². The highest BCUT2D eigenvalue weighted by atomic mass is 16.5. The van der Waals surface area contributed by atoms with Crippen LogP contribution in [0.1, 0.15) is 25.5 Å². The average Bonchev–Trinajstić information content (AvgIpc) is 2.71. The van der Waals surface area contributed by atoms with E-state index in [9.17, 15) is 9.59 Å². The first kappa shape index (κ1) is 15.5. The number of carbonyl (C=O) groups is 2. The maximum atomic E-state index is 11.8. The van der Waals surface area contributed by atoms with Gasteiger partial charge in [-0.05, 0) is 19.9 Å². The molecule has 1 saturated heterocycles. The Morgan fingerprint density at radius 3 is 2.81 bits per heavy atom. The summed E-state index contributed by atoms with van der Waals surface area (Å²) in [5.41, 5.74) is 0. The summed E-state index contributed by atoms with van der Waals surface area (Å²) in [6.45, 7) is 7.34. The summed E-state index contributed by atoms with van der Waals surface area (Å²) in [6, 6.07) is 1.69. The summed E-state index contributed by atoms with van der Waals surface area (Å²) in [4.78, 5) is 27.3. The summed E-state index contributed by atoms with van der Waals surface area (Å²) in [5, 5.41) is 6.44. The molecule has 0 aromatic carbocycles. The van der Waals surface area contributed by atoms with E-state index in [2.05, 4.69) is 15.4 Å². The second-order valence-electron chi connectivity index (χ2n) is 5.32. The molecule has 1 fully saturated rings. The molecule has 0 aliphatic carbocycles. The number of aryl methyl sites for hydroxylation is 1. The minimum absolute atomic E-state index is 0.0732. The van der Waals surface area contributed by atoms with Gasteiger partial charge >= 0.3 is 0 Å². The fraction of sp³-hybridized carbons (Fsp3) is 0.643. The van der Waals surface area contributed by atoms with Crippen LogP contribution in [0.5, 0.6) is 0 Å². The first-order valence-electron chi connectivity index (χ1n) is 7.25. The number of carbonyl (C=O) groups excluding carboxylic acids is 2. The number of nitrogens with zero attached hydrogens (tertiary/aromatic N) is 3. The van der Waals surface area contributed by atoms with Crippen LogP contribution in [0.4, 0.5) is 5.82 Å². The number of hydrogen-bond donors (Lipinski definition) is 1. The predicted octanol–water partition coefficient (Wildman–Crippen LogP) is 0.866. The van der Waals surface area contributed by atoms with E-state index in [0.29, 0.717) is 24.5 Å². The van der Waals surface area contributed by atoms with Crippen LogP contribution in [0, 0.1) is 6.92 Å². The van der Waals surface area contributed by atoms with Crippen LogP contribution >= 0.6 is 0 Å². The van der Waals surface area contributed by atoms with E-state index in [-0.39, 0.29) is 11.8 Å². The van der Waals surface area contributed by atoms with Gasteiger partial charge in [0.2, 0.25) is 11.8 Å². The first-order valence-corrected chi connectivity index (χ1v) is 7.25. The molecule has 0 radical (unpaired) electrons. The van der Waals surface area contributed by atoms with E-state index in [4.69, 9.17) is 4.52 Å². The van der Waals surface area contributed by atoms with Crippen molar-refractivity contribution in [3.63, 3.8) is 0 Å². The van der Waals surface area contributed by atoms with Crippen molar-refractivity contribution in [1.82, 2.24) is 15.0 Å². The zero-order valence-electron chi connectivity index (χ0n) is 12.6. The molecule has 0 saturated carbocycles. The largest absolute Gasteiger partial charge is 0.360 e. The van der Waals surface area contributed by atoms with Crippen molar-refractivity contribution in [2.45, 2.75) is 26.7 Å². The normalized spacial score (nSPS) is 16.6. The minimum atomic E-state index is -0.0732. The molecule has 0 atom stereocenters. The topological polar surface area (TPSA) is 78.7 Å². The molecule has 2 heterocycles. The Labute approximate surface area is 124 Å². The number of hydrogen-bond acceptors (Lipinski definition) is 5. The zero-order chi connectivity index (χ0) is 15.2. The summed E-state index contributed by atoms with van der Waals surface area (Å²) in [6.07, 6.45) is 1.36. The SMILES string of the molecule is CC(=O)N1CCCN(CCC(=O)Nc2cc(C)on2)CC1. The van der Waals surface area contributed by atoms with E-state index in [1.807, 2.05) is 4.90 Å². The van der Waals surface area contributed by atoms with E-state index >= 15 is 0 Å². The molecule has 1 aromatic rings. The van der Waals surface area contributed by atoms with Crippen LogP contribution in [-0.2, 0) is 9.59 Å². The summed E-state index contributed by atoms with van der Waals surface area (Å²) < 4.78 is 4.90. The lowest BCUT2D eigenvalue weighted by atomic mass is 10.3. The number of amides is 2. The molecule has 116 valence electrons. The number of aromatic nitrogens is 1. The van der Waals surface area contributed by atoms with Crippen molar-refractivity contribution in [3.05, 3.63) is 11.8 Å². The Morgan fingerprint density at radius 2 is 2.14 bits per heavy atom. The van der Waals surface area contributed by atoms with Crippen molar-refractivity contribution in [2.75, 3.05) is 38.0 Å². The molecule has 0 spiro atoms. The maximum Gasteiger partial charge on any atom is 0.226 e. The Morgan fingerprint density at radius 1 is 1.33 bits per heavy atom. The smallest absolute Gasteiger partial charge is 0.226 e. The summed E-state index contributed by atoms with van der Waals surface area (Å²) >= 11 is 0. The van der Waals surface area contributed by atoms with E-state index in [1.165, 1.54) is 0 Å². The molecule has 1 aliphatic heterocycles. The van der Waals surface area contributed by atoms with Crippen molar-refractivity contribution in [3.8, 4) is 0 Å². The van der Waals surface area contributed by atoms with Gasteiger partial charge in [0.1, 0.15) is 5.76 Å². The van der Waals surface area contributed by atoms with E-state index in [0.717, 1.165) is 32.6 Å². The van der Waals surface area contributed by atoms with Gasteiger partial charge in [-0.25, -0.2) is 0 Å². The van der Waals surface area contributed by atoms with Gasteiger partial charge in [0, 0.05) is 45.6 Å². The number of rotatable bonds is 4. The third-order valence-electron chi connectivity index (χ3n) is 3.58. The van der Waals surface area contributed by atoms with E-state index in [1.54, 1.807) is 19.9 Å². The fourth-order valence-corrected chi connectivity index (χ4v) is 2.40. The van der Waals surface area contributed by atoms with Gasteiger partial charge in [0.15, 0.2) is 5.82 Å². The van der Waals surface area contributed by atoms with Gasteiger partial charge < -0.3 is 19.6 Å². The lowest BCUT2D eigenvalue weighted by Crippen LogP contribution is -2.34. The Bertz CT molecular complexity index is 500. The van der Waals surface area contributed by atoms with Gasteiger partial charge in [-0.2, -0.15) is 0 Å². The highest BCUT2D eigenvalue weighted by molar-refractivity contribution is 5.89. The molecular weight excluding hydrogens is 272 g/mol. The Kier molecular flexibility index (Phi) is 5.32. The standard InChI is InChI=1S/C14H22N4O3/c1-11-10-13(16-21-11)15-14(20)4-7-17-5-3-6-18(9-8-17)12(2)19/h10H,3-9H2,1-2H3,(H,15,16,20). The van der Waals surface area contributed by atoms with Crippen molar-refractivity contribution >= 4 is 17.6 Å². The number of nitrogens with one attached hydrogen (secondary N) is 1. The molecule has 7 nitrogen and oxygen atoms in total. The number of anilines is 1. The quantitative estimate of drug-likeness (QED) is 0.891. The second kappa shape index (κ2) is 7.21. The van der Waals surface area contributed by atoms with Crippen molar-refractivity contribution < 1.29 is 14.1 Å². The fourth-order valence-electron chi connectivity index (χ4n) is 2.40. The predicted molar refractivity (Wildman–Crippen MR) is 77.8 cm³/mol. The summed E-state index contributed by atoms with van der Waals surface area (Å²) in [5.74, 6) is 1.17. The monoisotopic (exact) mass is 294 g/mol. The molecule has 0 bridgehead atoms. The summed E-state index contributed by atoms with van der Waals surface area (Å²) in [7, 11) is 0. The first-order chi connectivity index (χ1) is 10.0. The Hall–Kier alpha value is -1.89. The van der Waals surface area contributed by atoms with Gasteiger partial charge in [0.25, 0.3) is 0 Å². The van der Waals surface area contributed by atoms with Crippen LogP contribution in [0.2, 0.25) is 0 Å². The minimum Gasteiger partial charge on any atom is -0.360 e. The van der Waals surface area contributed by atoms with Gasteiger partial charge in [0.05, 0.1) is 0 Å². The van der Waals surface area contributed by atoms with Gasteiger partial charge in [-0.1, -0.05) is 5.16 Å². The molecular formula is C14H22N4O3. The Balaban J connectivity index is 1.72.